The molecule has 2 amide bonds. The van der Waals surface area contributed by atoms with E-state index in [9.17, 15) is 18.0 Å². The summed E-state index contributed by atoms with van der Waals surface area (Å²) in [7, 11) is -1.91. The fourth-order valence-corrected chi connectivity index (χ4v) is 5.87. The Morgan fingerprint density at radius 2 is 1.83 bits per heavy atom. The van der Waals surface area contributed by atoms with Gasteiger partial charge in [0.25, 0.3) is 10.0 Å². The largest absolute Gasteiger partial charge is 0.354 e. The van der Waals surface area contributed by atoms with E-state index in [4.69, 9.17) is 0 Å². The molecule has 0 atom stereocenters. The third-order valence-electron chi connectivity index (χ3n) is 6.36. The standard InChI is InChI=1S/C20H33N5O4S/c1-4-21-19(27)20(10-6-5-7-11-20)23-18(26)16-8-12-25(13-9-16)30(28,29)17-14-24(3)15(2)22-17/h14,16H,4-13H2,1-3H3,(H,21,27)(H,23,26). The van der Waals surface area contributed by atoms with Crippen molar-refractivity contribution in [2.75, 3.05) is 19.6 Å². The molecule has 1 aliphatic carbocycles. The van der Waals surface area contributed by atoms with E-state index in [-0.39, 0.29) is 35.8 Å². The highest BCUT2D eigenvalue weighted by molar-refractivity contribution is 7.89. The molecule has 2 aliphatic rings. The summed E-state index contributed by atoms with van der Waals surface area (Å²) in [6.45, 7) is 4.69. The van der Waals surface area contributed by atoms with Gasteiger partial charge in [0, 0.05) is 38.8 Å². The molecule has 2 fully saturated rings. The van der Waals surface area contributed by atoms with Crippen LogP contribution in [0.25, 0.3) is 0 Å². The summed E-state index contributed by atoms with van der Waals surface area (Å²) in [5.74, 6) is 0.0820. The quantitative estimate of drug-likeness (QED) is 0.689. The van der Waals surface area contributed by atoms with Crippen LogP contribution >= 0.6 is 0 Å². The number of sulfonamides is 1. The summed E-state index contributed by atoms with van der Waals surface area (Å²) in [5.41, 5.74) is -0.833. The van der Waals surface area contributed by atoms with Gasteiger partial charge < -0.3 is 15.2 Å². The Labute approximate surface area is 178 Å². The van der Waals surface area contributed by atoms with Crippen LogP contribution in [0.3, 0.4) is 0 Å². The van der Waals surface area contributed by atoms with Gasteiger partial charge in [-0.3, -0.25) is 9.59 Å². The fourth-order valence-electron chi connectivity index (χ4n) is 4.37. The van der Waals surface area contributed by atoms with Gasteiger partial charge in [-0.2, -0.15) is 4.31 Å². The third-order valence-corrected chi connectivity index (χ3v) is 8.13. The number of hydrogen-bond donors (Lipinski definition) is 2. The molecule has 1 aromatic heterocycles. The number of piperidine rings is 1. The smallest absolute Gasteiger partial charge is 0.262 e. The predicted molar refractivity (Wildman–Crippen MR) is 112 cm³/mol. The number of aromatic nitrogens is 2. The molecular weight excluding hydrogens is 406 g/mol. The van der Waals surface area contributed by atoms with Gasteiger partial charge in [-0.25, -0.2) is 13.4 Å². The zero-order chi connectivity index (χ0) is 21.9. The van der Waals surface area contributed by atoms with Crippen molar-refractivity contribution in [2.45, 2.75) is 69.4 Å². The molecule has 3 rings (SSSR count). The minimum absolute atomic E-state index is 0.0443. The van der Waals surface area contributed by atoms with E-state index in [0.717, 1.165) is 19.3 Å². The SMILES string of the molecule is CCNC(=O)C1(NC(=O)C2CCN(S(=O)(=O)c3cn(C)c(C)n3)CC2)CCCCC1. The molecule has 1 aromatic rings. The van der Waals surface area contributed by atoms with Crippen LogP contribution in [0.5, 0.6) is 0 Å². The van der Waals surface area contributed by atoms with Crippen molar-refractivity contribution in [2.24, 2.45) is 13.0 Å². The Bertz CT molecular complexity index is 862. The van der Waals surface area contributed by atoms with E-state index in [1.165, 1.54) is 10.5 Å². The molecule has 168 valence electrons. The van der Waals surface area contributed by atoms with E-state index in [1.54, 1.807) is 18.5 Å². The number of amides is 2. The molecule has 1 saturated carbocycles. The molecule has 0 spiro atoms. The van der Waals surface area contributed by atoms with Crippen molar-refractivity contribution in [3.63, 3.8) is 0 Å². The normalized spacial score (nSPS) is 20.6. The van der Waals surface area contributed by atoms with Crippen LogP contribution in [0.1, 0.15) is 57.7 Å². The Hall–Kier alpha value is -1.94. The summed E-state index contributed by atoms with van der Waals surface area (Å²) in [4.78, 5) is 29.8. The maximum Gasteiger partial charge on any atom is 0.262 e. The molecule has 30 heavy (non-hydrogen) atoms. The fraction of sp³-hybridized carbons (Fsp3) is 0.750. The zero-order valence-electron chi connectivity index (χ0n) is 18.1. The first-order valence-electron chi connectivity index (χ1n) is 10.8. The Morgan fingerprint density at radius 3 is 2.37 bits per heavy atom. The van der Waals surface area contributed by atoms with Gasteiger partial charge >= 0.3 is 0 Å². The molecule has 1 saturated heterocycles. The lowest BCUT2D eigenvalue weighted by atomic mass is 9.80. The van der Waals surface area contributed by atoms with Crippen molar-refractivity contribution in [1.82, 2.24) is 24.5 Å². The third kappa shape index (κ3) is 4.54. The molecule has 2 N–H and O–H groups in total. The lowest BCUT2D eigenvalue weighted by Gasteiger charge is -2.38. The Morgan fingerprint density at radius 1 is 1.20 bits per heavy atom. The van der Waals surface area contributed by atoms with Crippen molar-refractivity contribution in [3.8, 4) is 0 Å². The predicted octanol–water partition coefficient (Wildman–Crippen LogP) is 1.08. The van der Waals surface area contributed by atoms with Gasteiger partial charge in [-0.05, 0) is 39.5 Å². The van der Waals surface area contributed by atoms with Crippen LogP contribution in [0.15, 0.2) is 11.2 Å². The van der Waals surface area contributed by atoms with E-state index in [1.807, 2.05) is 6.92 Å². The number of nitrogens with zero attached hydrogens (tertiary/aromatic N) is 3. The van der Waals surface area contributed by atoms with Gasteiger partial charge in [-0.1, -0.05) is 19.3 Å². The first-order chi connectivity index (χ1) is 14.2. The van der Waals surface area contributed by atoms with Crippen molar-refractivity contribution in [3.05, 3.63) is 12.0 Å². The van der Waals surface area contributed by atoms with Crippen LogP contribution in [-0.2, 0) is 26.7 Å². The van der Waals surface area contributed by atoms with Gasteiger partial charge in [0.05, 0.1) is 0 Å². The highest BCUT2D eigenvalue weighted by atomic mass is 32.2. The first-order valence-corrected chi connectivity index (χ1v) is 12.2. The van der Waals surface area contributed by atoms with Crippen LogP contribution in [0.2, 0.25) is 0 Å². The number of rotatable bonds is 6. The summed E-state index contributed by atoms with van der Waals surface area (Å²) in [6, 6.07) is 0. The molecule has 10 heteroatoms. The van der Waals surface area contributed by atoms with Crippen molar-refractivity contribution >= 4 is 21.8 Å². The lowest BCUT2D eigenvalue weighted by Crippen LogP contribution is -2.61. The van der Waals surface area contributed by atoms with Crippen LogP contribution in [-0.4, -0.2) is 59.3 Å². The monoisotopic (exact) mass is 439 g/mol. The molecule has 0 bridgehead atoms. The van der Waals surface area contributed by atoms with Crippen LogP contribution in [0, 0.1) is 12.8 Å². The minimum Gasteiger partial charge on any atom is -0.354 e. The van der Waals surface area contributed by atoms with Crippen molar-refractivity contribution < 1.29 is 18.0 Å². The van der Waals surface area contributed by atoms with E-state index < -0.39 is 15.6 Å². The second-order valence-electron chi connectivity index (χ2n) is 8.41. The van der Waals surface area contributed by atoms with Crippen LogP contribution in [0.4, 0.5) is 0 Å². The molecule has 1 aliphatic heterocycles. The number of carbonyl (C=O) groups excluding carboxylic acids is 2. The van der Waals surface area contributed by atoms with E-state index in [2.05, 4.69) is 15.6 Å². The second-order valence-corrected chi connectivity index (χ2v) is 10.3. The van der Waals surface area contributed by atoms with E-state index in [0.29, 0.717) is 38.1 Å². The average molecular weight is 440 g/mol. The molecule has 0 aromatic carbocycles. The number of hydrogen-bond acceptors (Lipinski definition) is 5. The van der Waals surface area contributed by atoms with Gasteiger partial charge in [0.1, 0.15) is 11.4 Å². The highest BCUT2D eigenvalue weighted by Crippen LogP contribution is 2.30. The minimum atomic E-state index is -3.67. The molecule has 0 unspecified atom stereocenters. The molecule has 9 nitrogen and oxygen atoms in total. The number of aryl methyl sites for hydroxylation is 2. The lowest BCUT2D eigenvalue weighted by molar-refractivity contribution is -0.137. The zero-order valence-corrected chi connectivity index (χ0v) is 18.9. The van der Waals surface area contributed by atoms with Crippen molar-refractivity contribution in [1.29, 1.82) is 0 Å². The molecular formula is C20H33N5O4S. The van der Waals surface area contributed by atoms with Gasteiger partial charge in [0.15, 0.2) is 5.03 Å². The average Bonchev–Trinajstić information content (AvgIpc) is 3.08. The molecule has 0 radical (unpaired) electrons. The summed E-state index contributed by atoms with van der Waals surface area (Å²) >= 11 is 0. The second kappa shape index (κ2) is 9.05. The topological polar surface area (TPSA) is 113 Å². The first kappa shape index (κ1) is 22.7. The summed E-state index contributed by atoms with van der Waals surface area (Å²) in [5, 5.41) is 5.96. The Balaban J connectivity index is 1.64. The Kier molecular flexibility index (Phi) is 6.86. The number of carbonyl (C=O) groups is 2. The summed E-state index contributed by atoms with van der Waals surface area (Å²) < 4.78 is 28.8. The highest BCUT2D eigenvalue weighted by Gasteiger charge is 2.42. The van der Waals surface area contributed by atoms with Crippen LogP contribution < -0.4 is 10.6 Å². The van der Waals surface area contributed by atoms with E-state index >= 15 is 0 Å². The number of imidazole rings is 1. The maximum absolute atomic E-state index is 13.0. The summed E-state index contributed by atoms with van der Waals surface area (Å²) in [6.07, 6.45) is 6.58. The molecule has 2 heterocycles. The number of nitrogens with one attached hydrogen (secondary N) is 2. The number of likely N-dealkylation sites (N-methyl/N-ethyl adjacent to an activating group) is 1. The van der Waals surface area contributed by atoms with Gasteiger partial charge in [0.2, 0.25) is 11.8 Å². The maximum atomic E-state index is 13.0. The van der Waals surface area contributed by atoms with Gasteiger partial charge in [-0.15, -0.1) is 0 Å².